The highest BCUT2D eigenvalue weighted by atomic mass is 16.6. The maximum Gasteiger partial charge on any atom is 0.407 e. The molecule has 1 saturated carbocycles. The summed E-state index contributed by atoms with van der Waals surface area (Å²) in [7, 11) is 0. The smallest absolute Gasteiger partial charge is 0.407 e. The minimum Gasteiger partial charge on any atom is -0.444 e. The van der Waals surface area contributed by atoms with Crippen LogP contribution in [-0.4, -0.2) is 29.3 Å². The number of amides is 1. The van der Waals surface area contributed by atoms with E-state index in [1.54, 1.807) is 6.20 Å². The van der Waals surface area contributed by atoms with Gasteiger partial charge in [-0.25, -0.2) is 4.79 Å². The van der Waals surface area contributed by atoms with E-state index in [0.29, 0.717) is 12.5 Å². The summed E-state index contributed by atoms with van der Waals surface area (Å²) in [4.78, 5) is 15.9. The zero-order valence-electron chi connectivity index (χ0n) is 14.4. The van der Waals surface area contributed by atoms with Crippen molar-refractivity contribution in [2.45, 2.75) is 64.7 Å². The maximum absolute atomic E-state index is 11.8. The molecule has 23 heavy (non-hydrogen) atoms. The number of aromatic nitrogens is 1. The molecule has 0 saturated heterocycles. The molecule has 1 amide bonds. The summed E-state index contributed by atoms with van der Waals surface area (Å²) < 4.78 is 11.1. The van der Waals surface area contributed by atoms with Gasteiger partial charge in [0.2, 0.25) is 0 Å². The van der Waals surface area contributed by atoms with E-state index in [1.165, 1.54) is 0 Å². The third-order valence-electron chi connectivity index (χ3n) is 3.91. The first-order valence-corrected chi connectivity index (χ1v) is 8.38. The van der Waals surface area contributed by atoms with Gasteiger partial charge in [-0.2, -0.15) is 0 Å². The average Bonchev–Trinajstić information content (AvgIpc) is 2.48. The topological polar surface area (TPSA) is 60.5 Å². The van der Waals surface area contributed by atoms with Crippen molar-refractivity contribution in [1.82, 2.24) is 10.3 Å². The number of alkyl carbamates (subject to hydrolysis) is 1. The fraction of sp³-hybridized carbons (Fsp3) is 0.667. The number of hydrogen-bond acceptors (Lipinski definition) is 4. The van der Waals surface area contributed by atoms with Crippen LogP contribution in [0.2, 0.25) is 0 Å². The van der Waals surface area contributed by atoms with Crippen LogP contribution in [0.4, 0.5) is 4.79 Å². The molecule has 128 valence electrons. The molecule has 5 nitrogen and oxygen atoms in total. The van der Waals surface area contributed by atoms with E-state index < -0.39 is 5.60 Å². The fourth-order valence-corrected chi connectivity index (χ4v) is 2.77. The number of ether oxygens (including phenoxy) is 2. The van der Waals surface area contributed by atoms with Crippen molar-refractivity contribution in [2.24, 2.45) is 5.92 Å². The Morgan fingerprint density at radius 2 is 2.04 bits per heavy atom. The van der Waals surface area contributed by atoms with Gasteiger partial charge in [0.25, 0.3) is 0 Å². The first-order chi connectivity index (χ1) is 10.9. The standard InChI is InChI=1S/C18H28N2O3/c1-18(2,3)23-17(21)20-16-8-6-14(7-9-16)12-22-13-15-5-4-10-19-11-15/h4-5,10-11,14,16H,6-9,12-13H2,1-3H3,(H,20,21)/t14-,16-. The van der Waals surface area contributed by atoms with E-state index in [2.05, 4.69) is 10.3 Å². The van der Waals surface area contributed by atoms with Gasteiger partial charge in [0.1, 0.15) is 5.60 Å². The molecular formula is C18H28N2O3. The van der Waals surface area contributed by atoms with Crippen molar-refractivity contribution in [2.75, 3.05) is 6.61 Å². The van der Waals surface area contributed by atoms with Crippen LogP contribution in [0.25, 0.3) is 0 Å². The molecule has 1 fully saturated rings. The van der Waals surface area contributed by atoms with Gasteiger partial charge in [0.15, 0.2) is 0 Å². The van der Waals surface area contributed by atoms with Crippen molar-refractivity contribution in [3.8, 4) is 0 Å². The molecule has 2 rings (SSSR count). The number of pyridine rings is 1. The van der Waals surface area contributed by atoms with E-state index in [-0.39, 0.29) is 12.1 Å². The highest BCUT2D eigenvalue weighted by Crippen LogP contribution is 2.25. The summed E-state index contributed by atoms with van der Waals surface area (Å²) in [5.41, 5.74) is 0.661. The molecule has 1 heterocycles. The van der Waals surface area contributed by atoms with E-state index in [4.69, 9.17) is 9.47 Å². The Labute approximate surface area is 138 Å². The lowest BCUT2D eigenvalue weighted by Crippen LogP contribution is -2.41. The fourth-order valence-electron chi connectivity index (χ4n) is 2.77. The SMILES string of the molecule is CC(C)(C)OC(=O)N[C@H]1CC[C@H](COCc2cccnc2)CC1. The zero-order valence-corrected chi connectivity index (χ0v) is 14.4. The van der Waals surface area contributed by atoms with Gasteiger partial charge in [0, 0.05) is 25.0 Å². The van der Waals surface area contributed by atoms with Crippen LogP contribution in [0, 0.1) is 5.92 Å². The second kappa shape index (κ2) is 8.29. The molecule has 1 aromatic rings. The van der Waals surface area contributed by atoms with E-state index in [9.17, 15) is 4.79 Å². The predicted molar refractivity (Wildman–Crippen MR) is 89.0 cm³/mol. The molecule has 0 aromatic carbocycles. The Morgan fingerprint density at radius 3 is 2.65 bits per heavy atom. The number of nitrogens with zero attached hydrogens (tertiary/aromatic N) is 1. The van der Waals surface area contributed by atoms with Crippen LogP contribution in [0.3, 0.4) is 0 Å². The van der Waals surface area contributed by atoms with Gasteiger partial charge < -0.3 is 14.8 Å². The molecule has 0 spiro atoms. The van der Waals surface area contributed by atoms with Crippen LogP contribution >= 0.6 is 0 Å². The second-order valence-electron chi connectivity index (χ2n) is 7.24. The van der Waals surface area contributed by atoms with Gasteiger partial charge >= 0.3 is 6.09 Å². The zero-order chi connectivity index (χ0) is 16.7. The number of carbonyl (C=O) groups excluding carboxylic acids is 1. The van der Waals surface area contributed by atoms with Crippen LogP contribution in [-0.2, 0) is 16.1 Å². The summed E-state index contributed by atoms with van der Waals surface area (Å²) in [6.07, 6.45) is 7.42. The summed E-state index contributed by atoms with van der Waals surface area (Å²) in [5.74, 6) is 0.573. The van der Waals surface area contributed by atoms with Crippen LogP contribution in [0.1, 0.15) is 52.0 Å². The predicted octanol–water partition coefficient (Wildman–Crippen LogP) is 3.68. The highest BCUT2D eigenvalue weighted by molar-refractivity contribution is 5.68. The monoisotopic (exact) mass is 320 g/mol. The summed E-state index contributed by atoms with van der Waals surface area (Å²) in [6, 6.07) is 4.17. The molecule has 1 aromatic heterocycles. The molecule has 1 aliphatic rings. The van der Waals surface area contributed by atoms with Crippen molar-refractivity contribution >= 4 is 6.09 Å². The first kappa shape index (κ1) is 17.7. The van der Waals surface area contributed by atoms with E-state index >= 15 is 0 Å². The maximum atomic E-state index is 11.8. The van der Waals surface area contributed by atoms with Crippen molar-refractivity contribution < 1.29 is 14.3 Å². The highest BCUT2D eigenvalue weighted by Gasteiger charge is 2.24. The van der Waals surface area contributed by atoms with E-state index in [0.717, 1.165) is 37.9 Å². The van der Waals surface area contributed by atoms with Gasteiger partial charge in [0.05, 0.1) is 6.61 Å². The molecule has 1 aliphatic carbocycles. The lowest BCUT2D eigenvalue weighted by molar-refractivity contribution is 0.0453. The molecule has 0 atom stereocenters. The molecule has 1 N–H and O–H groups in total. The Hall–Kier alpha value is -1.62. The summed E-state index contributed by atoms with van der Waals surface area (Å²) in [6.45, 7) is 7.02. The van der Waals surface area contributed by atoms with Crippen LogP contribution in [0.15, 0.2) is 24.5 Å². The Balaban J connectivity index is 1.61. The third kappa shape index (κ3) is 6.99. The van der Waals surface area contributed by atoms with Crippen LogP contribution < -0.4 is 5.32 Å². The Kier molecular flexibility index (Phi) is 6.39. The van der Waals surface area contributed by atoms with Crippen molar-refractivity contribution in [3.63, 3.8) is 0 Å². The number of hydrogen-bond donors (Lipinski definition) is 1. The normalized spacial score (nSPS) is 21.7. The Bertz CT molecular complexity index is 477. The summed E-state index contributed by atoms with van der Waals surface area (Å²) in [5, 5.41) is 2.97. The van der Waals surface area contributed by atoms with Gasteiger partial charge in [-0.1, -0.05) is 6.07 Å². The van der Waals surface area contributed by atoms with Gasteiger partial charge in [-0.05, 0) is 64.0 Å². The minimum atomic E-state index is -0.443. The summed E-state index contributed by atoms with van der Waals surface area (Å²) >= 11 is 0. The second-order valence-corrected chi connectivity index (χ2v) is 7.24. The van der Waals surface area contributed by atoms with Crippen molar-refractivity contribution in [1.29, 1.82) is 0 Å². The minimum absolute atomic E-state index is 0.222. The van der Waals surface area contributed by atoms with Gasteiger partial charge in [-0.15, -0.1) is 0 Å². The molecule has 0 bridgehead atoms. The molecule has 0 aliphatic heterocycles. The molecule has 0 radical (unpaired) electrons. The molecule has 0 unspecified atom stereocenters. The quantitative estimate of drug-likeness (QED) is 0.899. The lowest BCUT2D eigenvalue weighted by atomic mass is 9.86. The average molecular weight is 320 g/mol. The molecular weight excluding hydrogens is 292 g/mol. The Morgan fingerprint density at radius 1 is 1.30 bits per heavy atom. The number of carbonyl (C=O) groups is 1. The lowest BCUT2D eigenvalue weighted by Gasteiger charge is -2.30. The number of nitrogens with one attached hydrogen (secondary N) is 1. The van der Waals surface area contributed by atoms with E-state index in [1.807, 2.05) is 39.1 Å². The van der Waals surface area contributed by atoms with Crippen LogP contribution in [0.5, 0.6) is 0 Å². The van der Waals surface area contributed by atoms with Crippen molar-refractivity contribution in [3.05, 3.63) is 30.1 Å². The molecule has 5 heteroatoms. The van der Waals surface area contributed by atoms with Gasteiger partial charge in [-0.3, -0.25) is 4.98 Å². The number of rotatable bonds is 5. The largest absolute Gasteiger partial charge is 0.444 e. The first-order valence-electron chi connectivity index (χ1n) is 8.38. The third-order valence-corrected chi connectivity index (χ3v) is 3.91.